The van der Waals surface area contributed by atoms with Gasteiger partial charge in [-0.25, -0.2) is 0 Å². The van der Waals surface area contributed by atoms with Gasteiger partial charge in [0.25, 0.3) is 11.8 Å². The Bertz CT molecular complexity index is 732. The van der Waals surface area contributed by atoms with Crippen molar-refractivity contribution in [2.45, 2.75) is 39.3 Å². The van der Waals surface area contributed by atoms with Crippen LogP contribution in [0.15, 0.2) is 60.7 Å². The van der Waals surface area contributed by atoms with Gasteiger partial charge in [-0.3, -0.25) is 9.59 Å². The molecule has 0 aliphatic carbocycles. The molecule has 2 aromatic carbocycles. The molecule has 0 fully saturated rings. The van der Waals surface area contributed by atoms with Crippen LogP contribution in [0.25, 0.3) is 0 Å². The van der Waals surface area contributed by atoms with E-state index in [2.05, 4.69) is 22.8 Å². The highest BCUT2D eigenvalue weighted by Crippen LogP contribution is 2.18. The maximum absolute atomic E-state index is 12.7. The fourth-order valence-corrected chi connectivity index (χ4v) is 3.17. The molecule has 3 N–H and O–H groups in total. The molecule has 2 aromatic rings. The van der Waals surface area contributed by atoms with Gasteiger partial charge in [0, 0.05) is 6.04 Å². The van der Waals surface area contributed by atoms with E-state index < -0.39 is 0 Å². The Balaban J connectivity index is 2.02. The number of likely N-dealkylation sites (N-methyl/N-ethyl adjacent to an activating group) is 1. The summed E-state index contributed by atoms with van der Waals surface area (Å²) in [5, 5.41) is 6.06. The van der Waals surface area contributed by atoms with E-state index in [0.29, 0.717) is 13.1 Å². The van der Waals surface area contributed by atoms with Crippen molar-refractivity contribution >= 4 is 11.8 Å². The van der Waals surface area contributed by atoms with Gasteiger partial charge >= 0.3 is 0 Å². The molecule has 0 spiro atoms. The highest BCUT2D eigenvalue weighted by molar-refractivity contribution is 5.79. The lowest BCUT2D eigenvalue weighted by atomic mass is 9.99. The van der Waals surface area contributed by atoms with Crippen molar-refractivity contribution in [1.29, 1.82) is 0 Å². The normalized spacial score (nSPS) is 13.0. The van der Waals surface area contributed by atoms with Gasteiger partial charge in [0.2, 0.25) is 0 Å². The zero-order valence-electron chi connectivity index (χ0n) is 17.1. The average molecular weight is 383 g/mol. The maximum atomic E-state index is 12.7. The summed E-state index contributed by atoms with van der Waals surface area (Å²) in [4.78, 5) is 25.7. The molecule has 0 aliphatic heterocycles. The summed E-state index contributed by atoms with van der Waals surface area (Å²) in [6.07, 6.45) is 0.728. The van der Waals surface area contributed by atoms with Crippen molar-refractivity contribution in [2.24, 2.45) is 0 Å². The minimum absolute atomic E-state index is 0.0245. The molecule has 0 radical (unpaired) electrons. The predicted octanol–water partition coefficient (Wildman–Crippen LogP) is 1.52. The number of hydrogen-bond donors (Lipinski definition) is 3. The van der Waals surface area contributed by atoms with Crippen molar-refractivity contribution in [3.8, 4) is 0 Å². The second kappa shape index (κ2) is 11.2. The fraction of sp³-hybridized carbons (Fsp3) is 0.391. The Hall–Kier alpha value is -2.66. The topological polar surface area (TPSA) is 62.6 Å². The summed E-state index contributed by atoms with van der Waals surface area (Å²) in [5.74, 6) is -0.0671. The molecule has 0 heterocycles. The number of amides is 2. The van der Waals surface area contributed by atoms with Crippen LogP contribution in [0.2, 0.25) is 0 Å². The summed E-state index contributed by atoms with van der Waals surface area (Å²) in [6.45, 7) is 7.16. The van der Waals surface area contributed by atoms with E-state index in [4.69, 9.17) is 0 Å². The zero-order valence-corrected chi connectivity index (χ0v) is 17.1. The monoisotopic (exact) mass is 382 g/mol. The van der Waals surface area contributed by atoms with E-state index in [9.17, 15) is 9.59 Å². The molecule has 5 heteroatoms. The fourth-order valence-electron chi connectivity index (χ4n) is 3.17. The van der Waals surface area contributed by atoms with E-state index >= 15 is 0 Å². The molecular weight excluding hydrogens is 350 g/mol. The van der Waals surface area contributed by atoms with E-state index in [1.165, 1.54) is 5.56 Å². The first-order chi connectivity index (χ1) is 13.5. The summed E-state index contributed by atoms with van der Waals surface area (Å²) < 4.78 is 0. The first-order valence-corrected chi connectivity index (χ1v) is 9.99. The first-order valence-electron chi connectivity index (χ1n) is 9.99. The molecule has 5 nitrogen and oxygen atoms in total. The third kappa shape index (κ3) is 7.53. The number of hydrogen-bond acceptors (Lipinski definition) is 2. The lowest BCUT2D eigenvalue weighted by Gasteiger charge is -2.22. The van der Waals surface area contributed by atoms with Gasteiger partial charge < -0.3 is 15.5 Å². The van der Waals surface area contributed by atoms with Gasteiger partial charge in [0.05, 0.1) is 12.6 Å². The summed E-state index contributed by atoms with van der Waals surface area (Å²) in [7, 11) is 0. The number of rotatable bonds is 10. The summed E-state index contributed by atoms with van der Waals surface area (Å²) in [5.41, 5.74) is 2.25. The second-order valence-corrected chi connectivity index (χ2v) is 7.40. The van der Waals surface area contributed by atoms with Crippen LogP contribution in [0.5, 0.6) is 0 Å². The molecule has 0 aliphatic rings. The Morgan fingerprint density at radius 2 is 1.39 bits per heavy atom. The van der Waals surface area contributed by atoms with Gasteiger partial charge in [0.1, 0.15) is 0 Å². The van der Waals surface area contributed by atoms with Crippen molar-refractivity contribution in [2.75, 3.05) is 19.6 Å². The van der Waals surface area contributed by atoms with E-state index in [0.717, 1.165) is 16.9 Å². The van der Waals surface area contributed by atoms with Crippen LogP contribution >= 0.6 is 0 Å². The average Bonchev–Trinajstić information content (AvgIpc) is 2.67. The molecule has 0 bridgehead atoms. The van der Waals surface area contributed by atoms with Crippen LogP contribution in [0.1, 0.15) is 37.9 Å². The van der Waals surface area contributed by atoms with Gasteiger partial charge in [-0.2, -0.15) is 0 Å². The minimum Gasteiger partial charge on any atom is -0.349 e. The molecule has 1 unspecified atom stereocenters. The van der Waals surface area contributed by atoms with Crippen LogP contribution in [-0.2, 0) is 16.0 Å². The van der Waals surface area contributed by atoms with Gasteiger partial charge in [-0.15, -0.1) is 0 Å². The molecule has 0 saturated carbocycles. The smallest absolute Gasteiger partial charge is 0.275 e. The molecule has 0 saturated heterocycles. The van der Waals surface area contributed by atoms with Crippen LogP contribution in [0, 0.1) is 0 Å². The van der Waals surface area contributed by atoms with E-state index in [1.807, 2.05) is 69.3 Å². The molecule has 2 rings (SSSR count). The Morgan fingerprint density at radius 1 is 0.857 bits per heavy atom. The number of quaternary nitrogens is 1. The quantitative estimate of drug-likeness (QED) is 0.583. The van der Waals surface area contributed by atoms with Gasteiger partial charge in [-0.1, -0.05) is 60.7 Å². The largest absolute Gasteiger partial charge is 0.349 e. The van der Waals surface area contributed by atoms with Crippen LogP contribution in [0.4, 0.5) is 0 Å². The van der Waals surface area contributed by atoms with E-state index in [1.54, 1.807) is 0 Å². The summed E-state index contributed by atoms with van der Waals surface area (Å²) >= 11 is 0. The maximum Gasteiger partial charge on any atom is 0.275 e. The third-order valence-electron chi connectivity index (χ3n) is 4.59. The number of carbonyl (C=O) groups excluding carboxylic acids is 2. The molecule has 2 atom stereocenters. The van der Waals surface area contributed by atoms with Crippen molar-refractivity contribution in [3.63, 3.8) is 0 Å². The van der Waals surface area contributed by atoms with Gasteiger partial charge in [-0.05, 0) is 38.3 Å². The molecule has 150 valence electrons. The predicted molar refractivity (Wildman–Crippen MR) is 112 cm³/mol. The Kier molecular flexibility index (Phi) is 8.69. The molecule has 28 heavy (non-hydrogen) atoms. The van der Waals surface area contributed by atoms with Crippen molar-refractivity contribution in [1.82, 2.24) is 10.6 Å². The number of benzene rings is 2. The van der Waals surface area contributed by atoms with Crippen molar-refractivity contribution in [3.05, 3.63) is 71.8 Å². The SMILES string of the molecule is CC[NH+](CC(=O)NC(C)C)CC(=O)N[C@H](Cc1ccccc1)c1ccccc1. The van der Waals surface area contributed by atoms with Crippen molar-refractivity contribution < 1.29 is 14.5 Å². The van der Waals surface area contributed by atoms with Crippen LogP contribution < -0.4 is 15.5 Å². The number of nitrogens with one attached hydrogen (secondary N) is 3. The number of carbonyl (C=O) groups is 2. The first kappa shape index (κ1) is 21.6. The molecule has 0 aromatic heterocycles. The minimum atomic E-state index is -0.0984. The second-order valence-electron chi connectivity index (χ2n) is 7.40. The standard InChI is InChI=1S/C23H31N3O2/c1-4-26(16-22(27)24-18(2)3)17-23(28)25-21(20-13-9-6-10-14-20)15-19-11-7-5-8-12-19/h5-14,18,21H,4,15-17H2,1-3H3,(H,24,27)(H,25,28)/p+1/t21-/m1/s1. The highest BCUT2D eigenvalue weighted by atomic mass is 16.2. The van der Waals surface area contributed by atoms with E-state index in [-0.39, 0.29) is 30.4 Å². The van der Waals surface area contributed by atoms with Crippen LogP contribution in [-0.4, -0.2) is 37.5 Å². The lowest BCUT2D eigenvalue weighted by Crippen LogP contribution is -3.14. The Labute approximate surface area is 168 Å². The Morgan fingerprint density at radius 3 is 1.93 bits per heavy atom. The zero-order chi connectivity index (χ0) is 20.4. The molecular formula is C23H32N3O2+. The van der Waals surface area contributed by atoms with Crippen LogP contribution in [0.3, 0.4) is 0 Å². The lowest BCUT2D eigenvalue weighted by molar-refractivity contribution is -0.881. The highest BCUT2D eigenvalue weighted by Gasteiger charge is 2.20. The third-order valence-corrected chi connectivity index (χ3v) is 4.59. The molecule has 2 amide bonds. The summed E-state index contributed by atoms with van der Waals surface area (Å²) in [6, 6.07) is 20.2. The van der Waals surface area contributed by atoms with Gasteiger partial charge in [0.15, 0.2) is 13.1 Å².